The van der Waals surface area contributed by atoms with Crippen LogP contribution < -0.4 is 5.73 Å². The van der Waals surface area contributed by atoms with Crippen molar-refractivity contribution in [2.45, 2.75) is 24.8 Å². The van der Waals surface area contributed by atoms with Crippen LogP contribution in [0.2, 0.25) is 0 Å². The molecule has 1 aliphatic heterocycles. The SMILES string of the molecule is CC1CCN(S(=O)(=O)c2ccc(N)cn2)CC1. The highest BCUT2D eigenvalue weighted by Crippen LogP contribution is 2.22. The van der Waals surface area contributed by atoms with Crippen LogP contribution in [0.25, 0.3) is 0 Å². The van der Waals surface area contributed by atoms with Crippen LogP contribution in [0.3, 0.4) is 0 Å². The second-order valence-corrected chi connectivity index (χ2v) is 6.40. The molecular formula is C11H17N3O2S. The lowest BCUT2D eigenvalue weighted by atomic mass is 10.0. The maximum atomic E-state index is 12.2. The van der Waals surface area contributed by atoms with Crippen molar-refractivity contribution in [3.05, 3.63) is 18.3 Å². The number of anilines is 1. The highest BCUT2D eigenvalue weighted by atomic mass is 32.2. The van der Waals surface area contributed by atoms with E-state index in [0.717, 1.165) is 12.8 Å². The molecule has 5 nitrogen and oxygen atoms in total. The lowest BCUT2D eigenvalue weighted by Crippen LogP contribution is -2.38. The zero-order valence-electron chi connectivity index (χ0n) is 9.83. The third kappa shape index (κ3) is 2.58. The number of rotatable bonds is 2. The molecule has 1 fully saturated rings. The van der Waals surface area contributed by atoms with Crippen LogP contribution in [0, 0.1) is 5.92 Å². The molecule has 0 amide bonds. The molecule has 0 atom stereocenters. The number of pyridine rings is 1. The van der Waals surface area contributed by atoms with E-state index < -0.39 is 10.0 Å². The Kier molecular flexibility index (Phi) is 3.35. The van der Waals surface area contributed by atoms with Crippen LogP contribution in [-0.4, -0.2) is 30.8 Å². The molecule has 0 saturated carbocycles. The van der Waals surface area contributed by atoms with Gasteiger partial charge >= 0.3 is 0 Å². The molecule has 2 rings (SSSR count). The summed E-state index contributed by atoms with van der Waals surface area (Å²) in [6.45, 7) is 3.30. The molecular weight excluding hydrogens is 238 g/mol. The van der Waals surface area contributed by atoms with Crippen molar-refractivity contribution in [2.75, 3.05) is 18.8 Å². The van der Waals surface area contributed by atoms with E-state index in [-0.39, 0.29) is 5.03 Å². The quantitative estimate of drug-likeness (QED) is 0.858. The van der Waals surface area contributed by atoms with Crippen molar-refractivity contribution in [1.29, 1.82) is 0 Å². The van der Waals surface area contributed by atoms with Gasteiger partial charge in [-0.2, -0.15) is 4.31 Å². The molecule has 0 radical (unpaired) electrons. The smallest absolute Gasteiger partial charge is 0.260 e. The fraction of sp³-hybridized carbons (Fsp3) is 0.545. The second-order valence-electron chi connectivity index (χ2n) is 4.52. The van der Waals surface area contributed by atoms with Crippen molar-refractivity contribution in [3.63, 3.8) is 0 Å². The Morgan fingerprint density at radius 1 is 1.35 bits per heavy atom. The number of hydrogen-bond donors (Lipinski definition) is 1. The highest BCUT2D eigenvalue weighted by molar-refractivity contribution is 7.89. The van der Waals surface area contributed by atoms with E-state index in [9.17, 15) is 8.42 Å². The van der Waals surface area contributed by atoms with E-state index in [1.807, 2.05) is 0 Å². The summed E-state index contributed by atoms with van der Waals surface area (Å²) in [6.07, 6.45) is 3.20. The number of aromatic nitrogens is 1. The summed E-state index contributed by atoms with van der Waals surface area (Å²) in [5.74, 6) is 0.598. The molecule has 1 saturated heterocycles. The molecule has 0 bridgehead atoms. The first-order valence-corrected chi connectivity index (χ1v) is 7.16. The molecule has 1 aliphatic rings. The summed E-state index contributed by atoms with van der Waals surface area (Å²) in [7, 11) is -3.44. The van der Waals surface area contributed by atoms with E-state index in [0.29, 0.717) is 24.7 Å². The molecule has 1 aromatic heterocycles. The van der Waals surface area contributed by atoms with Gasteiger partial charge in [0.25, 0.3) is 10.0 Å². The van der Waals surface area contributed by atoms with Gasteiger partial charge in [-0.05, 0) is 30.9 Å². The minimum atomic E-state index is -3.44. The van der Waals surface area contributed by atoms with Gasteiger partial charge in [0.2, 0.25) is 0 Å². The molecule has 0 aromatic carbocycles. The van der Waals surface area contributed by atoms with Gasteiger partial charge in [0.15, 0.2) is 5.03 Å². The van der Waals surface area contributed by atoms with Gasteiger partial charge in [0, 0.05) is 13.1 Å². The maximum absolute atomic E-state index is 12.2. The topological polar surface area (TPSA) is 76.3 Å². The van der Waals surface area contributed by atoms with E-state index in [4.69, 9.17) is 5.73 Å². The van der Waals surface area contributed by atoms with Crippen LogP contribution in [-0.2, 0) is 10.0 Å². The number of sulfonamides is 1. The number of hydrogen-bond acceptors (Lipinski definition) is 4. The molecule has 94 valence electrons. The highest BCUT2D eigenvalue weighted by Gasteiger charge is 2.28. The lowest BCUT2D eigenvalue weighted by molar-refractivity contribution is 0.287. The Bertz CT molecular complexity index is 476. The number of nitrogens with zero attached hydrogens (tertiary/aromatic N) is 2. The van der Waals surface area contributed by atoms with Crippen molar-refractivity contribution in [1.82, 2.24) is 9.29 Å². The molecule has 0 unspecified atom stereocenters. The summed E-state index contributed by atoms with van der Waals surface area (Å²) >= 11 is 0. The molecule has 2 heterocycles. The molecule has 0 spiro atoms. The van der Waals surface area contributed by atoms with E-state index in [2.05, 4.69) is 11.9 Å². The Balaban J connectivity index is 2.21. The van der Waals surface area contributed by atoms with Crippen LogP contribution in [0.4, 0.5) is 5.69 Å². The van der Waals surface area contributed by atoms with Crippen molar-refractivity contribution in [2.24, 2.45) is 5.92 Å². The summed E-state index contributed by atoms with van der Waals surface area (Å²) < 4.78 is 26.0. The Morgan fingerprint density at radius 2 is 2.00 bits per heavy atom. The Morgan fingerprint density at radius 3 is 2.53 bits per heavy atom. The zero-order chi connectivity index (χ0) is 12.5. The van der Waals surface area contributed by atoms with E-state index in [1.165, 1.54) is 16.6 Å². The van der Waals surface area contributed by atoms with Gasteiger partial charge in [-0.1, -0.05) is 6.92 Å². The van der Waals surface area contributed by atoms with Gasteiger partial charge < -0.3 is 5.73 Å². The van der Waals surface area contributed by atoms with Gasteiger partial charge in [-0.15, -0.1) is 0 Å². The summed E-state index contributed by atoms with van der Waals surface area (Å²) in [5, 5.41) is 0.0845. The third-order valence-electron chi connectivity index (χ3n) is 3.11. The van der Waals surface area contributed by atoms with E-state index in [1.54, 1.807) is 6.07 Å². The standard InChI is InChI=1S/C11H17N3O2S/c1-9-4-6-14(7-5-9)17(15,16)11-3-2-10(12)8-13-11/h2-3,8-9H,4-7,12H2,1H3. The minimum Gasteiger partial charge on any atom is -0.397 e. The van der Waals surface area contributed by atoms with Crippen LogP contribution >= 0.6 is 0 Å². The number of nitrogen functional groups attached to an aromatic ring is 1. The predicted octanol–water partition coefficient (Wildman–Crippen LogP) is 1.08. The van der Waals surface area contributed by atoms with Gasteiger partial charge in [0.05, 0.1) is 11.9 Å². The third-order valence-corrected chi connectivity index (χ3v) is 4.92. The number of nitrogens with two attached hydrogens (primary N) is 1. The number of piperidine rings is 1. The second kappa shape index (κ2) is 4.62. The van der Waals surface area contributed by atoms with Crippen LogP contribution in [0.15, 0.2) is 23.4 Å². The molecule has 6 heteroatoms. The first-order chi connectivity index (χ1) is 8.00. The van der Waals surface area contributed by atoms with Gasteiger partial charge in [-0.25, -0.2) is 13.4 Å². The van der Waals surface area contributed by atoms with Gasteiger partial charge in [-0.3, -0.25) is 0 Å². The predicted molar refractivity (Wildman–Crippen MR) is 65.8 cm³/mol. The fourth-order valence-corrected chi connectivity index (χ4v) is 3.28. The monoisotopic (exact) mass is 255 g/mol. The normalized spacial score (nSPS) is 19.4. The summed E-state index contributed by atoms with van der Waals surface area (Å²) in [5.41, 5.74) is 5.96. The zero-order valence-corrected chi connectivity index (χ0v) is 10.7. The van der Waals surface area contributed by atoms with Crippen molar-refractivity contribution in [3.8, 4) is 0 Å². The van der Waals surface area contributed by atoms with Crippen molar-refractivity contribution >= 4 is 15.7 Å². The van der Waals surface area contributed by atoms with Crippen molar-refractivity contribution < 1.29 is 8.42 Å². The summed E-state index contributed by atoms with van der Waals surface area (Å²) in [4.78, 5) is 3.89. The lowest BCUT2D eigenvalue weighted by Gasteiger charge is -2.28. The fourth-order valence-electron chi connectivity index (χ4n) is 1.90. The molecule has 2 N–H and O–H groups in total. The largest absolute Gasteiger partial charge is 0.397 e. The maximum Gasteiger partial charge on any atom is 0.260 e. The Hall–Kier alpha value is -1.14. The first kappa shape index (κ1) is 12.3. The minimum absolute atomic E-state index is 0.0845. The van der Waals surface area contributed by atoms with Crippen LogP contribution in [0.1, 0.15) is 19.8 Å². The Labute approximate surface area is 102 Å². The summed E-state index contributed by atoms with van der Waals surface area (Å²) in [6, 6.07) is 3.02. The van der Waals surface area contributed by atoms with Gasteiger partial charge in [0.1, 0.15) is 0 Å². The molecule has 17 heavy (non-hydrogen) atoms. The molecule has 1 aromatic rings. The average molecular weight is 255 g/mol. The average Bonchev–Trinajstić information content (AvgIpc) is 2.30. The van der Waals surface area contributed by atoms with Crippen LogP contribution in [0.5, 0.6) is 0 Å². The van der Waals surface area contributed by atoms with E-state index >= 15 is 0 Å². The first-order valence-electron chi connectivity index (χ1n) is 5.72. The molecule has 0 aliphatic carbocycles.